The van der Waals surface area contributed by atoms with Crippen LogP contribution in [0.3, 0.4) is 0 Å². The van der Waals surface area contributed by atoms with E-state index in [-0.39, 0.29) is 5.78 Å². The molecule has 0 atom stereocenters. The van der Waals surface area contributed by atoms with E-state index in [0.717, 1.165) is 16.9 Å². The van der Waals surface area contributed by atoms with Gasteiger partial charge in [-0.15, -0.1) is 0 Å². The molecule has 0 bridgehead atoms. The third kappa shape index (κ3) is 1.16. The predicted octanol–water partition coefficient (Wildman–Crippen LogP) is 1.89. The lowest BCUT2D eigenvalue weighted by molar-refractivity contribution is 0.101. The van der Waals surface area contributed by atoms with Crippen molar-refractivity contribution in [2.24, 2.45) is 0 Å². The summed E-state index contributed by atoms with van der Waals surface area (Å²) in [6.45, 7) is 3.57. The van der Waals surface area contributed by atoms with E-state index in [1.54, 1.807) is 6.92 Å². The molecule has 1 heterocycles. The van der Waals surface area contributed by atoms with Gasteiger partial charge in [-0.3, -0.25) is 4.79 Å². The normalized spacial score (nSPS) is 14.5. The molecular weight excluding hydrogens is 176 g/mol. The summed E-state index contributed by atoms with van der Waals surface area (Å²) in [5.74, 6) is 0.109. The number of anilines is 2. The van der Waals surface area contributed by atoms with Crippen LogP contribution in [0, 0.1) is 6.67 Å². The molecule has 2 rings (SSSR count). The maximum Gasteiger partial charge on any atom is 0.161 e. The van der Waals surface area contributed by atoms with Gasteiger partial charge in [0.25, 0.3) is 0 Å². The summed E-state index contributed by atoms with van der Waals surface area (Å²) >= 11 is 0. The maximum absolute atomic E-state index is 11.4. The number of hydrogen-bond acceptors (Lipinski definition) is 3. The number of benzene rings is 1. The van der Waals surface area contributed by atoms with Gasteiger partial charge in [0.15, 0.2) is 5.78 Å². The second-order valence-electron chi connectivity index (χ2n) is 3.57. The fourth-order valence-electron chi connectivity index (χ4n) is 1.85. The standard InChI is InChI=1S/C11H13N2O/c1-8(14)9-5-4-6-10-11(9)13(3)7-12(10)2/h4-7H,1-3H3. The second-order valence-corrected chi connectivity index (χ2v) is 3.57. The zero-order valence-corrected chi connectivity index (χ0v) is 8.61. The summed E-state index contributed by atoms with van der Waals surface area (Å²) in [6, 6.07) is 5.80. The fourth-order valence-corrected chi connectivity index (χ4v) is 1.85. The van der Waals surface area contributed by atoms with Crippen molar-refractivity contribution >= 4 is 17.2 Å². The van der Waals surface area contributed by atoms with Gasteiger partial charge in [-0.2, -0.15) is 0 Å². The number of para-hydroxylation sites is 1. The van der Waals surface area contributed by atoms with Crippen LogP contribution in [0.1, 0.15) is 17.3 Å². The molecule has 0 saturated heterocycles. The van der Waals surface area contributed by atoms with E-state index >= 15 is 0 Å². The van der Waals surface area contributed by atoms with Crippen molar-refractivity contribution < 1.29 is 4.79 Å². The van der Waals surface area contributed by atoms with Gasteiger partial charge in [0, 0.05) is 19.7 Å². The molecule has 0 aliphatic carbocycles. The van der Waals surface area contributed by atoms with Gasteiger partial charge in [0.1, 0.15) is 6.67 Å². The minimum atomic E-state index is 0.109. The van der Waals surface area contributed by atoms with Crippen LogP contribution < -0.4 is 9.80 Å². The third-order valence-corrected chi connectivity index (χ3v) is 2.47. The van der Waals surface area contributed by atoms with Crippen molar-refractivity contribution in [2.75, 3.05) is 23.9 Å². The highest BCUT2D eigenvalue weighted by Gasteiger charge is 2.24. The SMILES string of the molecule is CC(=O)c1cccc2c1N(C)[CH]N2C. The zero-order valence-electron chi connectivity index (χ0n) is 8.61. The molecule has 1 aromatic rings. The van der Waals surface area contributed by atoms with E-state index in [1.807, 2.05) is 48.8 Å². The molecular formula is C11H13N2O. The van der Waals surface area contributed by atoms with Crippen LogP contribution in [0.5, 0.6) is 0 Å². The number of fused-ring (bicyclic) bond motifs is 1. The molecule has 0 fully saturated rings. The second kappa shape index (κ2) is 3.01. The molecule has 0 aromatic heterocycles. The minimum absolute atomic E-state index is 0.109. The van der Waals surface area contributed by atoms with Gasteiger partial charge in [0.2, 0.25) is 0 Å². The molecule has 3 heteroatoms. The van der Waals surface area contributed by atoms with Gasteiger partial charge in [-0.25, -0.2) is 0 Å². The number of nitrogens with zero attached hydrogens (tertiary/aromatic N) is 2. The summed E-state index contributed by atoms with van der Waals surface area (Å²) < 4.78 is 0. The Labute approximate surface area is 83.9 Å². The summed E-state index contributed by atoms with van der Waals surface area (Å²) in [6.07, 6.45) is 0. The molecule has 3 nitrogen and oxygen atoms in total. The first-order valence-electron chi connectivity index (χ1n) is 4.56. The number of carbonyl (C=O) groups is 1. The molecule has 0 amide bonds. The summed E-state index contributed by atoms with van der Waals surface area (Å²) in [5.41, 5.74) is 2.87. The quantitative estimate of drug-likeness (QED) is 0.630. The first-order valence-corrected chi connectivity index (χ1v) is 4.56. The molecule has 1 aliphatic heterocycles. The van der Waals surface area contributed by atoms with E-state index in [4.69, 9.17) is 0 Å². The molecule has 1 aliphatic rings. The Bertz CT molecular complexity index is 387. The number of Topliss-reactive ketones (excluding diaryl/α,β-unsaturated/α-hetero) is 1. The first kappa shape index (κ1) is 9.06. The first-order chi connectivity index (χ1) is 6.61. The van der Waals surface area contributed by atoms with Crippen LogP contribution in [-0.4, -0.2) is 19.9 Å². The highest BCUT2D eigenvalue weighted by molar-refractivity contribution is 6.04. The van der Waals surface area contributed by atoms with Gasteiger partial charge >= 0.3 is 0 Å². The smallest absolute Gasteiger partial charge is 0.161 e. The topological polar surface area (TPSA) is 23.6 Å². The van der Waals surface area contributed by atoms with Gasteiger partial charge in [-0.1, -0.05) is 6.07 Å². The Morgan fingerprint density at radius 1 is 1.21 bits per heavy atom. The summed E-state index contributed by atoms with van der Waals surface area (Å²) in [7, 11) is 3.93. The average Bonchev–Trinajstić information content (AvgIpc) is 2.43. The molecule has 1 aromatic carbocycles. The molecule has 1 radical (unpaired) electrons. The van der Waals surface area contributed by atoms with Crippen LogP contribution in [0.2, 0.25) is 0 Å². The molecule has 73 valence electrons. The highest BCUT2D eigenvalue weighted by atomic mass is 16.1. The van der Waals surface area contributed by atoms with E-state index < -0.39 is 0 Å². The van der Waals surface area contributed by atoms with Crippen molar-refractivity contribution in [2.45, 2.75) is 6.92 Å². The number of ketones is 1. The van der Waals surface area contributed by atoms with Crippen LogP contribution in [-0.2, 0) is 0 Å². The van der Waals surface area contributed by atoms with Gasteiger partial charge < -0.3 is 9.80 Å². The van der Waals surface area contributed by atoms with Crippen LogP contribution in [0.25, 0.3) is 0 Å². The molecule has 0 unspecified atom stereocenters. The van der Waals surface area contributed by atoms with Crippen LogP contribution in [0.4, 0.5) is 11.4 Å². The maximum atomic E-state index is 11.4. The monoisotopic (exact) mass is 189 g/mol. The van der Waals surface area contributed by atoms with Crippen LogP contribution >= 0.6 is 0 Å². The van der Waals surface area contributed by atoms with Crippen molar-refractivity contribution in [3.8, 4) is 0 Å². The van der Waals surface area contributed by atoms with Gasteiger partial charge in [0.05, 0.1) is 11.4 Å². The van der Waals surface area contributed by atoms with Gasteiger partial charge in [-0.05, 0) is 19.1 Å². The lowest BCUT2D eigenvalue weighted by atomic mass is 10.1. The Morgan fingerprint density at radius 3 is 2.57 bits per heavy atom. The lowest BCUT2D eigenvalue weighted by Gasteiger charge is -2.12. The van der Waals surface area contributed by atoms with Crippen molar-refractivity contribution in [1.29, 1.82) is 0 Å². The van der Waals surface area contributed by atoms with Crippen LogP contribution in [0.15, 0.2) is 18.2 Å². The van der Waals surface area contributed by atoms with E-state index in [0.29, 0.717) is 0 Å². The Kier molecular flexibility index (Phi) is 1.95. The number of hydrogen-bond donors (Lipinski definition) is 0. The summed E-state index contributed by atoms with van der Waals surface area (Å²) in [4.78, 5) is 15.4. The molecule has 0 saturated carbocycles. The number of carbonyl (C=O) groups excluding carboxylic acids is 1. The Morgan fingerprint density at radius 2 is 1.93 bits per heavy atom. The average molecular weight is 189 g/mol. The Balaban J connectivity index is 2.62. The highest BCUT2D eigenvalue weighted by Crippen LogP contribution is 2.38. The number of rotatable bonds is 1. The molecule has 14 heavy (non-hydrogen) atoms. The zero-order chi connectivity index (χ0) is 10.3. The van der Waals surface area contributed by atoms with Crippen molar-refractivity contribution in [3.63, 3.8) is 0 Å². The van der Waals surface area contributed by atoms with Crippen molar-refractivity contribution in [1.82, 2.24) is 0 Å². The molecule has 0 spiro atoms. The largest absolute Gasteiger partial charge is 0.349 e. The van der Waals surface area contributed by atoms with E-state index in [1.165, 1.54) is 0 Å². The summed E-state index contributed by atoms with van der Waals surface area (Å²) in [5, 5.41) is 0. The fraction of sp³-hybridized carbons (Fsp3) is 0.273. The predicted molar refractivity (Wildman–Crippen MR) is 57.6 cm³/mol. The van der Waals surface area contributed by atoms with Crippen molar-refractivity contribution in [3.05, 3.63) is 30.4 Å². The van der Waals surface area contributed by atoms with E-state index in [9.17, 15) is 4.79 Å². The molecule has 0 N–H and O–H groups in total. The Hall–Kier alpha value is -1.51. The minimum Gasteiger partial charge on any atom is -0.349 e. The lowest BCUT2D eigenvalue weighted by Crippen LogP contribution is -2.17. The third-order valence-electron chi connectivity index (χ3n) is 2.47. The van der Waals surface area contributed by atoms with E-state index in [2.05, 4.69) is 0 Å².